The molecule has 16 heavy (non-hydrogen) atoms. The van der Waals surface area contributed by atoms with Crippen LogP contribution in [0, 0.1) is 0 Å². The SMILES string of the molecule is COc1ccc(Cl)cc1C1CCCC(=O)C1. The van der Waals surface area contributed by atoms with E-state index in [1.165, 1.54) is 0 Å². The van der Waals surface area contributed by atoms with Gasteiger partial charge in [0, 0.05) is 17.9 Å². The second-order valence-electron chi connectivity index (χ2n) is 4.22. The van der Waals surface area contributed by atoms with Crippen LogP contribution in [-0.2, 0) is 4.79 Å². The van der Waals surface area contributed by atoms with Gasteiger partial charge in [-0.1, -0.05) is 11.6 Å². The summed E-state index contributed by atoms with van der Waals surface area (Å²) in [5.74, 6) is 1.46. The highest BCUT2D eigenvalue weighted by Crippen LogP contribution is 2.37. The maximum Gasteiger partial charge on any atom is 0.133 e. The van der Waals surface area contributed by atoms with Gasteiger partial charge in [-0.2, -0.15) is 0 Å². The fourth-order valence-electron chi connectivity index (χ4n) is 2.31. The molecule has 2 rings (SSSR count). The van der Waals surface area contributed by atoms with Gasteiger partial charge in [-0.25, -0.2) is 0 Å². The van der Waals surface area contributed by atoms with Crippen molar-refractivity contribution in [2.75, 3.05) is 7.11 Å². The van der Waals surface area contributed by atoms with E-state index in [4.69, 9.17) is 16.3 Å². The summed E-state index contributed by atoms with van der Waals surface area (Å²) in [6.07, 6.45) is 3.36. The maximum atomic E-state index is 11.5. The van der Waals surface area contributed by atoms with E-state index in [9.17, 15) is 4.79 Å². The Bertz CT molecular complexity index is 401. The molecule has 1 aromatic carbocycles. The number of ketones is 1. The lowest BCUT2D eigenvalue weighted by molar-refractivity contribution is -0.120. The molecule has 0 saturated heterocycles. The molecule has 0 spiro atoms. The number of benzene rings is 1. The van der Waals surface area contributed by atoms with E-state index in [0.717, 1.165) is 30.6 Å². The van der Waals surface area contributed by atoms with Crippen molar-refractivity contribution in [1.29, 1.82) is 0 Å². The summed E-state index contributed by atoms with van der Waals surface area (Å²) in [6, 6.07) is 5.61. The third-order valence-corrected chi connectivity index (χ3v) is 3.35. The summed E-state index contributed by atoms with van der Waals surface area (Å²) < 4.78 is 5.32. The Hall–Kier alpha value is -1.02. The molecule has 1 fully saturated rings. The zero-order valence-corrected chi connectivity index (χ0v) is 10.1. The van der Waals surface area contributed by atoms with Gasteiger partial charge in [0.25, 0.3) is 0 Å². The zero-order valence-electron chi connectivity index (χ0n) is 9.33. The van der Waals surface area contributed by atoms with Crippen LogP contribution >= 0.6 is 11.6 Å². The predicted octanol–water partition coefficient (Wildman–Crippen LogP) is 3.58. The van der Waals surface area contributed by atoms with Crippen molar-refractivity contribution in [2.24, 2.45) is 0 Å². The molecule has 0 aliphatic heterocycles. The lowest BCUT2D eigenvalue weighted by Crippen LogP contribution is -2.14. The van der Waals surface area contributed by atoms with Gasteiger partial charge in [0.2, 0.25) is 0 Å². The third kappa shape index (κ3) is 2.38. The maximum absolute atomic E-state index is 11.5. The standard InChI is InChI=1S/C13H15ClO2/c1-16-13-6-5-10(14)8-12(13)9-3-2-4-11(15)7-9/h5-6,8-9H,2-4,7H2,1H3. The number of halogens is 1. The summed E-state index contributed by atoms with van der Waals surface area (Å²) in [5, 5.41) is 0.703. The van der Waals surface area contributed by atoms with Crippen molar-refractivity contribution in [1.82, 2.24) is 0 Å². The molecule has 86 valence electrons. The fraction of sp³-hybridized carbons (Fsp3) is 0.462. The van der Waals surface area contributed by atoms with E-state index in [0.29, 0.717) is 17.2 Å². The quantitative estimate of drug-likeness (QED) is 0.787. The Labute approximate surface area is 101 Å². The van der Waals surface area contributed by atoms with E-state index in [-0.39, 0.29) is 5.92 Å². The van der Waals surface area contributed by atoms with Gasteiger partial charge in [-0.3, -0.25) is 4.79 Å². The van der Waals surface area contributed by atoms with Crippen LogP contribution < -0.4 is 4.74 Å². The lowest BCUT2D eigenvalue weighted by Gasteiger charge is -2.23. The molecule has 3 heteroatoms. The van der Waals surface area contributed by atoms with Crippen LogP contribution in [0.4, 0.5) is 0 Å². The van der Waals surface area contributed by atoms with Gasteiger partial charge in [0.05, 0.1) is 7.11 Å². The summed E-state index contributed by atoms with van der Waals surface area (Å²) in [4.78, 5) is 11.5. The van der Waals surface area contributed by atoms with Crippen molar-refractivity contribution < 1.29 is 9.53 Å². The van der Waals surface area contributed by atoms with E-state index < -0.39 is 0 Å². The molecule has 0 radical (unpaired) electrons. The molecule has 0 N–H and O–H groups in total. The number of Topliss-reactive ketones (excluding diaryl/α,β-unsaturated/α-hetero) is 1. The Kier molecular flexibility index (Phi) is 3.49. The number of hydrogen-bond donors (Lipinski definition) is 0. The second kappa shape index (κ2) is 4.88. The van der Waals surface area contributed by atoms with Crippen LogP contribution in [-0.4, -0.2) is 12.9 Å². The number of rotatable bonds is 2. The van der Waals surface area contributed by atoms with Gasteiger partial charge < -0.3 is 4.74 Å². The molecule has 1 saturated carbocycles. The van der Waals surface area contributed by atoms with Crippen molar-refractivity contribution in [3.8, 4) is 5.75 Å². The first-order valence-corrected chi connectivity index (χ1v) is 5.93. The smallest absolute Gasteiger partial charge is 0.133 e. The van der Waals surface area contributed by atoms with Gasteiger partial charge in [0.15, 0.2) is 0 Å². The highest BCUT2D eigenvalue weighted by atomic mass is 35.5. The number of hydrogen-bond acceptors (Lipinski definition) is 2. The summed E-state index contributed by atoms with van der Waals surface area (Å²) in [6.45, 7) is 0. The van der Waals surface area contributed by atoms with Crippen molar-refractivity contribution in [2.45, 2.75) is 31.6 Å². The van der Waals surface area contributed by atoms with Gasteiger partial charge in [0.1, 0.15) is 11.5 Å². The summed E-state index contributed by atoms with van der Waals surface area (Å²) >= 11 is 5.99. The van der Waals surface area contributed by atoms with Gasteiger partial charge in [-0.15, -0.1) is 0 Å². The highest BCUT2D eigenvalue weighted by Gasteiger charge is 2.23. The molecule has 0 bridgehead atoms. The molecule has 0 amide bonds. The van der Waals surface area contributed by atoms with Crippen LogP contribution in [0.1, 0.15) is 37.2 Å². The number of carbonyl (C=O) groups is 1. The normalized spacial score (nSPS) is 20.9. The van der Waals surface area contributed by atoms with E-state index in [1.54, 1.807) is 7.11 Å². The third-order valence-electron chi connectivity index (χ3n) is 3.11. The summed E-state index contributed by atoms with van der Waals surface area (Å²) in [5.41, 5.74) is 1.07. The first kappa shape index (κ1) is 11.5. The fourth-order valence-corrected chi connectivity index (χ4v) is 2.49. The Morgan fingerprint density at radius 1 is 1.44 bits per heavy atom. The minimum atomic E-state index is 0.273. The largest absolute Gasteiger partial charge is 0.496 e. The van der Waals surface area contributed by atoms with Gasteiger partial charge >= 0.3 is 0 Å². The van der Waals surface area contributed by atoms with Crippen LogP contribution in [0.15, 0.2) is 18.2 Å². The highest BCUT2D eigenvalue weighted by molar-refractivity contribution is 6.30. The average molecular weight is 239 g/mol. The minimum Gasteiger partial charge on any atom is -0.496 e. The monoisotopic (exact) mass is 238 g/mol. The van der Waals surface area contributed by atoms with Crippen LogP contribution in [0.5, 0.6) is 5.75 Å². The molecule has 0 aromatic heterocycles. The molecule has 1 aromatic rings. The molecule has 2 nitrogen and oxygen atoms in total. The minimum absolute atomic E-state index is 0.273. The van der Waals surface area contributed by atoms with Crippen LogP contribution in [0.2, 0.25) is 5.02 Å². The van der Waals surface area contributed by atoms with Gasteiger partial charge in [-0.05, 0) is 42.5 Å². The van der Waals surface area contributed by atoms with Crippen molar-refractivity contribution in [3.63, 3.8) is 0 Å². The number of carbonyl (C=O) groups excluding carboxylic acids is 1. The molecule has 1 atom stereocenters. The Balaban J connectivity index is 2.30. The predicted molar refractivity (Wildman–Crippen MR) is 64.2 cm³/mol. The molecular formula is C13H15ClO2. The number of ether oxygens (including phenoxy) is 1. The molecule has 1 aliphatic carbocycles. The topological polar surface area (TPSA) is 26.3 Å². The van der Waals surface area contributed by atoms with E-state index >= 15 is 0 Å². The Morgan fingerprint density at radius 3 is 2.94 bits per heavy atom. The van der Waals surface area contributed by atoms with E-state index in [1.807, 2.05) is 18.2 Å². The number of methoxy groups -OCH3 is 1. The zero-order chi connectivity index (χ0) is 11.5. The Morgan fingerprint density at radius 2 is 2.25 bits per heavy atom. The first-order valence-electron chi connectivity index (χ1n) is 5.56. The molecule has 0 heterocycles. The molecule has 1 unspecified atom stereocenters. The van der Waals surface area contributed by atoms with Crippen LogP contribution in [0.25, 0.3) is 0 Å². The average Bonchev–Trinajstić information content (AvgIpc) is 2.29. The van der Waals surface area contributed by atoms with Crippen molar-refractivity contribution >= 4 is 17.4 Å². The van der Waals surface area contributed by atoms with Crippen molar-refractivity contribution in [3.05, 3.63) is 28.8 Å². The van der Waals surface area contributed by atoms with Crippen LogP contribution in [0.3, 0.4) is 0 Å². The second-order valence-corrected chi connectivity index (χ2v) is 4.65. The lowest BCUT2D eigenvalue weighted by atomic mass is 9.83. The van der Waals surface area contributed by atoms with E-state index in [2.05, 4.69) is 0 Å². The molecule has 1 aliphatic rings. The first-order chi connectivity index (χ1) is 7.70. The summed E-state index contributed by atoms with van der Waals surface area (Å²) in [7, 11) is 1.65. The molecular weight excluding hydrogens is 224 g/mol.